The zero-order valence-corrected chi connectivity index (χ0v) is 7.98. The third-order valence-corrected chi connectivity index (χ3v) is 2.76. The molecule has 0 spiro atoms. The van der Waals surface area contributed by atoms with Crippen molar-refractivity contribution in [2.45, 2.75) is 6.92 Å². The van der Waals surface area contributed by atoms with Crippen LogP contribution in [0, 0.1) is 12.3 Å². The molecule has 0 radical (unpaired) electrons. The average molecular weight is 191 g/mol. The summed E-state index contributed by atoms with van der Waals surface area (Å²) in [6, 6.07) is 5.65. The highest BCUT2D eigenvalue weighted by atomic mass is 32.1. The van der Waals surface area contributed by atoms with Gasteiger partial charge in [0.05, 0.1) is 15.2 Å². The van der Waals surface area contributed by atoms with Crippen molar-refractivity contribution in [3.8, 4) is 0 Å². The van der Waals surface area contributed by atoms with Crippen LogP contribution in [0.5, 0.6) is 0 Å². The van der Waals surface area contributed by atoms with Gasteiger partial charge in [-0.3, -0.25) is 5.41 Å². The first-order valence-electron chi connectivity index (χ1n) is 3.88. The molecule has 0 fully saturated rings. The number of benzene rings is 1. The maximum atomic E-state index is 7.27. The lowest BCUT2D eigenvalue weighted by atomic mass is 10.2. The molecule has 1 aromatic carbocycles. The normalized spacial score (nSPS) is 10.5. The van der Waals surface area contributed by atoms with Gasteiger partial charge in [0.15, 0.2) is 0 Å². The zero-order valence-electron chi connectivity index (χ0n) is 7.16. The van der Waals surface area contributed by atoms with E-state index in [1.165, 1.54) is 0 Å². The first-order valence-corrected chi connectivity index (χ1v) is 4.70. The number of hydrogen-bond acceptors (Lipinski definition) is 3. The predicted molar refractivity (Wildman–Crippen MR) is 55.4 cm³/mol. The molecule has 1 aromatic heterocycles. The van der Waals surface area contributed by atoms with E-state index in [9.17, 15) is 0 Å². The zero-order chi connectivity index (χ0) is 9.42. The molecule has 0 amide bonds. The highest BCUT2D eigenvalue weighted by molar-refractivity contribution is 7.18. The van der Waals surface area contributed by atoms with E-state index in [0.29, 0.717) is 0 Å². The molecule has 2 aromatic rings. The Morgan fingerprint density at radius 1 is 1.54 bits per heavy atom. The summed E-state index contributed by atoms with van der Waals surface area (Å²) in [7, 11) is 0. The van der Waals surface area contributed by atoms with Crippen LogP contribution in [-0.4, -0.2) is 10.8 Å². The number of rotatable bonds is 1. The van der Waals surface area contributed by atoms with Crippen LogP contribution in [0.15, 0.2) is 18.2 Å². The molecule has 0 saturated heterocycles. The van der Waals surface area contributed by atoms with Gasteiger partial charge in [-0.25, -0.2) is 4.98 Å². The first kappa shape index (κ1) is 8.19. The molecule has 0 aliphatic heterocycles. The van der Waals surface area contributed by atoms with Crippen molar-refractivity contribution in [3.63, 3.8) is 0 Å². The van der Waals surface area contributed by atoms with Gasteiger partial charge in [0, 0.05) is 5.56 Å². The fourth-order valence-corrected chi connectivity index (χ4v) is 2.02. The lowest BCUT2D eigenvalue weighted by Crippen LogP contribution is -2.10. The second-order valence-corrected chi connectivity index (χ2v) is 4.06. The lowest BCUT2D eigenvalue weighted by Gasteiger charge is -1.95. The van der Waals surface area contributed by atoms with Crippen LogP contribution in [0.25, 0.3) is 10.2 Å². The van der Waals surface area contributed by atoms with Gasteiger partial charge >= 0.3 is 0 Å². The number of thiazole rings is 1. The molecule has 3 nitrogen and oxygen atoms in total. The Morgan fingerprint density at radius 3 is 3.00 bits per heavy atom. The summed E-state index contributed by atoms with van der Waals surface area (Å²) in [6.45, 7) is 1.97. The van der Waals surface area contributed by atoms with Crippen LogP contribution in [0.1, 0.15) is 10.6 Å². The van der Waals surface area contributed by atoms with E-state index >= 15 is 0 Å². The number of amidine groups is 1. The van der Waals surface area contributed by atoms with E-state index in [2.05, 4.69) is 4.98 Å². The van der Waals surface area contributed by atoms with Gasteiger partial charge in [-0.1, -0.05) is 0 Å². The topological polar surface area (TPSA) is 62.8 Å². The second kappa shape index (κ2) is 2.81. The monoisotopic (exact) mass is 191 g/mol. The molecule has 2 rings (SSSR count). The Balaban J connectivity index is 2.67. The quantitative estimate of drug-likeness (QED) is 0.534. The Hall–Kier alpha value is -1.42. The van der Waals surface area contributed by atoms with Crippen molar-refractivity contribution in [2.75, 3.05) is 0 Å². The number of nitrogens with zero attached hydrogens (tertiary/aromatic N) is 1. The summed E-state index contributed by atoms with van der Waals surface area (Å²) in [4.78, 5) is 4.32. The summed E-state index contributed by atoms with van der Waals surface area (Å²) >= 11 is 1.65. The molecular weight excluding hydrogens is 182 g/mol. The van der Waals surface area contributed by atoms with E-state index in [1.54, 1.807) is 11.3 Å². The van der Waals surface area contributed by atoms with Crippen molar-refractivity contribution in [3.05, 3.63) is 28.8 Å². The number of fused-ring (bicyclic) bond motifs is 1. The molecular formula is C9H9N3S. The summed E-state index contributed by atoms with van der Waals surface area (Å²) in [5.41, 5.74) is 7.03. The maximum Gasteiger partial charge on any atom is 0.122 e. The van der Waals surface area contributed by atoms with Gasteiger partial charge in [0.2, 0.25) is 0 Å². The molecule has 13 heavy (non-hydrogen) atoms. The van der Waals surface area contributed by atoms with E-state index in [4.69, 9.17) is 11.1 Å². The minimum absolute atomic E-state index is 0.0903. The maximum absolute atomic E-state index is 7.27. The van der Waals surface area contributed by atoms with Crippen molar-refractivity contribution in [1.82, 2.24) is 4.98 Å². The molecule has 0 atom stereocenters. The largest absolute Gasteiger partial charge is 0.384 e. The summed E-state index contributed by atoms with van der Waals surface area (Å²) in [5.74, 6) is 0.0903. The molecule has 4 heteroatoms. The minimum atomic E-state index is 0.0903. The summed E-state index contributed by atoms with van der Waals surface area (Å²) in [6.07, 6.45) is 0. The Labute approximate surface area is 79.7 Å². The molecule has 0 aliphatic carbocycles. The third kappa shape index (κ3) is 1.40. The SMILES string of the molecule is Cc1nc2cc(C(=N)N)ccc2s1. The van der Waals surface area contributed by atoms with Gasteiger partial charge in [-0.05, 0) is 25.1 Å². The van der Waals surface area contributed by atoms with E-state index in [-0.39, 0.29) is 5.84 Å². The number of hydrogen-bond donors (Lipinski definition) is 2. The van der Waals surface area contributed by atoms with Crippen LogP contribution in [-0.2, 0) is 0 Å². The molecule has 0 unspecified atom stereocenters. The predicted octanol–water partition coefficient (Wildman–Crippen LogP) is 1.89. The second-order valence-electron chi connectivity index (χ2n) is 2.83. The van der Waals surface area contributed by atoms with Gasteiger partial charge in [0.1, 0.15) is 5.84 Å². The van der Waals surface area contributed by atoms with Crippen LogP contribution >= 0.6 is 11.3 Å². The standard InChI is InChI=1S/C9H9N3S/c1-5-12-7-4-6(9(10)11)2-3-8(7)13-5/h2-4H,1H3,(H3,10,11). The summed E-state index contributed by atoms with van der Waals surface area (Å²) in [5, 5.41) is 8.31. The highest BCUT2D eigenvalue weighted by Crippen LogP contribution is 2.21. The fraction of sp³-hybridized carbons (Fsp3) is 0.111. The highest BCUT2D eigenvalue weighted by Gasteiger charge is 2.02. The smallest absolute Gasteiger partial charge is 0.122 e. The van der Waals surface area contributed by atoms with Gasteiger partial charge in [0.25, 0.3) is 0 Å². The molecule has 3 N–H and O–H groups in total. The number of aryl methyl sites for hydroxylation is 1. The van der Waals surface area contributed by atoms with Crippen molar-refractivity contribution >= 4 is 27.4 Å². The van der Waals surface area contributed by atoms with Crippen LogP contribution in [0.3, 0.4) is 0 Å². The molecule has 0 aliphatic rings. The Bertz CT molecular complexity index is 473. The van der Waals surface area contributed by atoms with Crippen LogP contribution < -0.4 is 5.73 Å². The molecule has 0 bridgehead atoms. The number of nitrogens with two attached hydrogens (primary N) is 1. The summed E-state index contributed by atoms with van der Waals surface area (Å²) < 4.78 is 1.14. The molecule has 66 valence electrons. The number of nitrogens with one attached hydrogen (secondary N) is 1. The van der Waals surface area contributed by atoms with Gasteiger partial charge in [-0.2, -0.15) is 0 Å². The van der Waals surface area contributed by atoms with E-state index in [1.807, 2.05) is 25.1 Å². The van der Waals surface area contributed by atoms with Crippen molar-refractivity contribution < 1.29 is 0 Å². The van der Waals surface area contributed by atoms with Gasteiger partial charge < -0.3 is 5.73 Å². The fourth-order valence-electron chi connectivity index (χ4n) is 1.21. The van der Waals surface area contributed by atoms with Gasteiger partial charge in [-0.15, -0.1) is 11.3 Å². The number of aromatic nitrogens is 1. The van der Waals surface area contributed by atoms with Crippen molar-refractivity contribution in [2.24, 2.45) is 5.73 Å². The van der Waals surface area contributed by atoms with E-state index in [0.717, 1.165) is 20.8 Å². The molecule has 1 heterocycles. The van der Waals surface area contributed by atoms with Crippen molar-refractivity contribution in [1.29, 1.82) is 5.41 Å². The Morgan fingerprint density at radius 2 is 2.31 bits per heavy atom. The molecule has 0 saturated carbocycles. The Kier molecular flexibility index (Phi) is 1.77. The average Bonchev–Trinajstić information content (AvgIpc) is 2.42. The van der Waals surface area contributed by atoms with Crippen LogP contribution in [0.2, 0.25) is 0 Å². The first-order chi connectivity index (χ1) is 6.16. The van der Waals surface area contributed by atoms with Crippen LogP contribution in [0.4, 0.5) is 0 Å². The lowest BCUT2D eigenvalue weighted by molar-refractivity contribution is 1.34. The number of nitrogen functional groups attached to an aromatic ring is 1. The third-order valence-electron chi connectivity index (χ3n) is 1.81. The van der Waals surface area contributed by atoms with E-state index < -0.39 is 0 Å². The minimum Gasteiger partial charge on any atom is -0.384 e.